The number of carboxylic acids is 1. The van der Waals surface area contributed by atoms with Crippen molar-refractivity contribution < 1.29 is 9.90 Å². The zero-order valence-corrected chi connectivity index (χ0v) is 11.9. The summed E-state index contributed by atoms with van der Waals surface area (Å²) >= 11 is 1.78. The van der Waals surface area contributed by atoms with Gasteiger partial charge in [0.05, 0.1) is 10.9 Å². The summed E-state index contributed by atoms with van der Waals surface area (Å²) in [6.45, 7) is 3.19. The number of carboxylic acid groups (broad SMARTS) is 1. The third-order valence-electron chi connectivity index (χ3n) is 3.91. The van der Waals surface area contributed by atoms with Crippen molar-refractivity contribution in [2.24, 2.45) is 11.8 Å². The first-order valence-corrected chi connectivity index (χ1v) is 7.44. The van der Waals surface area contributed by atoms with Crippen LogP contribution in [0.2, 0.25) is 0 Å². The number of aryl methyl sites for hydroxylation is 1. The minimum absolute atomic E-state index is 0.102. The van der Waals surface area contributed by atoms with Gasteiger partial charge in [-0.2, -0.15) is 0 Å². The maximum absolute atomic E-state index is 10.9. The van der Waals surface area contributed by atoms with Crippen LogP contribution >= 0.6 is 11.3 Å². The normalized spacial score (nSPS) is 23.9. The van der Waals surface area contributed by atoms with E-state index < -0.39 is 5.97 Å². The lowest BCUT2D eigenvalue weighted by atomic mass is 9.82. The lowest BCUT2D eigenvalue weighted by Crippen LogP contribution is -2.30. The van der Waals surface area contributed by atoms with Gasteiger partial charge in [-0.3, -0.25) is 4.79 Å². The molecule has 18 heavy (non-hydrogen) atoms. The monoisotopic (exact) mass is 267 g/mol. The SMILES string of the molecule is Cc1ccsc1N(C)CC1CCC(C(=O)O)CC1. The lowest BCUT2D eigenvalue weighted by Gasteiger charge is -2.30. The van der Waals surface area contributed by atoms with E-state index in [-0.39, 0.29) is 5.92 Å². The first kappa shape index (κ1) is 13.4. The van der Waals surface area contributed by atoms with Crippen LogP contribution in [0.25, 0.3) is 0 Å². The number of carbonyl (C=O) groups is 1. The zero-order chi connectivity index (χ0) is 13.1. The van der Waals surface area contributed by atoms with Crippen LogP contribution in [0.1, 0.15) is 31.2 Å². The van der Waals surface area contributed by atoms with Crippen LogP contribution in [0.3, 0.4) is 0 Å². The third kappa shape index (κ3) is 3.05. The zero-order valence-electron chi connectivity index (χ0n) is 11.1. The Morgan fingerprint density at radius 2 is 2.11 bits per heavy atom. The molecule has 0 unspecified atom stereocenters. The number of hydrogen-bond donors (Lipinski definition) is 1. The van der Waals surface area contributed by atoms with Crippen LogP contribution in [0.4, 0.5) is 5.00 Å². The fourth-order valence-corrected chi connectivity index (χ4v) is 3.73. The molecule has 1 aliphatic carbocycles. The molecule has 100 valence electrons. The topological polar surface area (TPSA) is 40.5 Å². The summed E-state index contributed by atoms with van der Waals surface area (Å²) in [5, 5.41) is 12.5. The van der Waals surface area contributed by atoms with Gasteiger partial charge in [-0.15, -0.1) is 11.3 Å². The Morgan fingerprint density at radius 1 is 1.44 bits per heavy atom. The number of rotatable bonds is 4. The van der Waals surface area contributed by atoms with Gasteiger partial charge in [0.1, 0.15) is 0 Å². The maximum Gasteiger partial charge on any atom is 0.306 e. The van der Waals surface area contributed by atoms with E-state index in [1.165, 1.54) is 10.6 Å². The van der Waals surface area contributed by atoms with Crippen molar-refractivity contribution in [3.05, 3.63) is 17.0 Å². The molecule has 3 nitrogen and oxygen atoms in total. The number of hydrogen-bond acceptors (Lipinski definition) is 3. The molecule has 1 aromatic rings. The molecule has 0 amide bonds. The Morgan fingerprint density at radius 3 is 2.61 bits per heavy atom. The average Bonchev–Trinajstić information content (AvgIpc) is 2.76. The molecule has 0 radical (unpaired) electrons. The van der Waals surface area contributed by atoms with E-state index >= 15 is 0 Å². The van der Waals surface area contributed by atoms with Crippen LogP contribution in [0, 0.1) is 18.8 Å². The number of anilines is 1. The largest absolute Gasteiger partial charge is 0.481 e. The van der Waals surface area contributed by atoms with E-state index in [9.17, 15) is 4.79 Å². The predicted molar refractivity (Wildman–Crippen MR) is 75.4 cm³/mol. The molecule has 1 fully saturated rings. The summed E-state index contributed by atoms with van der Waals surface area (Å²) in [5.41, 5.74) is 1.33. The van der Waals surface area contributed by atoms with E-state index in [4.69, 9.17) is 5.11 Å². The van der Waals surface area contributed by atoms with Crippen LogP contribution in [0.15, 0.2) is 11.4 Å². The van der Waals surface area contributed by atoms with Crippen molar-refractivity contribution >= 4 is 22.3 Å². The first-order valence-electron chi connectivity index (χ1n) is 6.56. The number of aliphatic carboxylic acids is 1. The standard InChI is InChI=1S/C14H21NO2S/c1-10-7-8-18-13(10)15(2)9-11-3-5-12(6-4-11)14(16)17/h7-8,11-12H,3-6,9H2,1-2H3,(H,16,17). The first-order chi connectivity index (χ1) is 8.58. The van der Waals surface area contributed by atoms with Crippen molar-refractivity contribution in [3.63, 3.8) is 0 Å². The molecule has 2 rings (SSSR count). The molecule has 0 saturated heterocycles. The molecule has 4 heteroatoms. The van der Waals surface area contributed by atoms with E-state index in [1.807, 2.05) is 0 Å². The molecule has 0 atom stereocenters. The van der Waals surface area contributed by atoms with Crippen LogP contribution in [-0.4, -0.2) is 24.7 Å². The van der Waals surface area contributed by atoms with Gasteiger partial charge in [0.2, 0.25) is 0 Å². The fourth-order valence-electron chi connectivity index (χ4n) is 2.82. The van der Waals surface area contributed by atoms with Crippen LogP contribution in [-0.2, 0) is 4.79 Å². The van der Waals surface area contributed by atoms with Crippen LogP contribution in [0.5, 0.6) is 0 Å². The van der Waals surface area contributed by atoms with E-state index in [1.54, 1.807) is 11.3 Å². The minimum atomic E-state index is -0.615. The molecule has 0 aliphatic heterocycles. The van der Waals surface area contributed by atoms with E-state index in [2.05, 4.69) is 30.3 Å². The van der Waals surface area contributed by atoms with Crippen LogP contribution < -0.4 is 4.90 Å². The molecule has 0 spiro atoms. The Kier molecular flexibility index (Phi) is 4.27. The predicted octanol–water partition coefficient (Wildman–Crippen LogP) is 3.38. The number of nitrogens with zero attached hydrogens (tertiary/aromatic N) is 1. The van der Waals surface area contributed by atoms with Gasteiger partial charge >= 0.3 is 5.97 Å². The summed E-state index contributed by atoms with van der Waals surface area (Å²) in [6, 6.07) is 2.15. The smallest absolute Gasteiger partial charge is 0.306 e. The molecule has 0 aromatic carbocycles. The van der Waals surface area contributed by atoms with Crippen molar-refractivity contribution in [3.8, 4) is 0 Å². The maximum atomic E-state index is 10.9. The third-order valence-corrected chi connectivity index (χ3v) is 5.04. The molecular weight excluding hydrogens is 246 g/mol. The number of thiophene rings is 1. The van der Waals surface area contributed by atoms with Crippen molar-refractivity contribution in [2.45, 2.75) is 32.6 Å². The second-order valence-corrected chi connectivity index (χ2v) is 6.24. The van der Waals surface area contributed by atoms with Gasteiger partial charge in [-0.25, -0.2) is 0 Å². The van der Waals surface area contributed by atoms with Crippen molar-refractivity contribution in [2.75, 3.05) is 18.5 Å². The Balaban J connectivity index is 1.85. The minimum Gasteiger partial charge on any atom is -0.481 e. The Bertz CT molecular complexity index is 408. The summed E-state index contributed by atoms with van der Waals surface area (Å²) in [6.07, 6.45) is 3.78. The molecular formula is C14H21NO2S. The van der Waals surface area contributed by atoms with Crippen molar-refractivity contribution in [1.29, 1.82) is 0 Å². The molecule has 1 saturated carbocycles. The van der Waals surface area contributed by atoms with Gasteiger partial charge in [0.15, 0.2) is 0 Å². The highest BCUT2D eigenvalue weighted by atomic mass is 32.1. The summed E-state index contributed by atoms with van der Waals surface area (Å²) in [7, 11) is 2.14. The molecule has 1 aromatic heterocycles. The molecule has 1 aliphatic rings. The Labute approximate surface area is 112 Å². The highest BCUT2D eigenvalue weighted by molar-refractivity contribution is 7.14. The fraction of sp³-hybridized carbons (Fsp3) is 0.643. The summed E-state index contributed by atoms with van der Waals surface area (Å²) in [5.74, 6) is -0.0713. The molecule has 0 bridgehead atoms. The van der Waals surface area contributed by atoms with Gasteiger partial charge in [0, 0.05) is 13.6 Å². The molecule has 1 heterocycles. The van der Waals surface area contributed by atoms with Gasteiger partial charge in [-0.05, 0) is 55.5 Å². The summed E-state index contributed by atoms with van der Waals surface area (Å²) < 4.78 is 0. The Hall–Kier alpha value is -1.03. The highest BCUT2D eigenvalue weighted by Gasteiger charge is 2.26. The van der Waals surface area contributed by atoms with E-state index in [0.717, 1.165) is 32.2 Å². The second kappa shape index (κ2) is 5.74. The highest BCUT2D eigenvalue weighted by Crippen LogP contribution is 2.32. The quantitative estimate of drug-likeness (QED) is 0.909. The second-order valence-electron chi connectivity index (χ2n) is 5.35. The van der Waals surface area contributed by atoms with Gasteiger partial charge < -0.3 is 10.0 Å². The van der Waals surface area contributed by atoms with Gasteiger partial charge in [0.25, 0.3) is 0 Å². The van der Waals surface area contributed by atoms with Gasteiger partial charge in [-0.1, -0.05) is 0 Å². The van der Waals surface area contributed by atoms with E-state index in [0.29, 0.717) is 5.92 Å². The lowest BCUT2D eigenvalue weighted by molar-refractivity contribution is -0.143. The molecule has 1 N–H and O–H groups in total. The summed E-state index contributed by atoms with van der Waals surface area (Å²) in [4.78, 5) is 13.2. The van der Waals surface area contributed by atoms with Crippen molar-refractivity contribution in [1.82, 2.24) is 0 Å². The average molecular weight is 267 g/mol.